The van der Waals surface area contributed by atoms with Crippen molar-refractivity contribution in [2.24, 2.45) is 5.73 Å². The van der Waals surface area contributed by atoms with E-state index in [-0.39, 0.29) is 0 Å². The van der Waals surface area contributed by atoms with Crippen molar-refractivity contribution in [1.82, 2.24) is 4.90 Å². The summed E-state index contributed by atoms with van der Waals surface area (Å²) in [7, 11) is 0. The lowest BCUT2D eigenvalue weighted by molar-refractivity contribution is 0.128. The molecule has 1 aromatic rings. The summed E-state index contributed by atoms with van der Waals surface area (Å²) in [6.45, 7) is 4.40. The lowest BCUT2D eigenvalue weighted by Gasteiger charge is -2.36. The number of nitrogens with zero attached hydrogens (tertiary/aromatic N) is 1. The molecule has 2 N–H and O–H groups in total. The minimum Gasteiger partial charge on any atom is -0.328 e. The third kappa shape index (κ3) is 4.76. The number of rotatable bonds is 6. The average Bonchev–Trinajstić information content (AvgIpc) is 2.46. The van der Waals surface area contributed by atoms with E-state index in [1.807, 2.05) is 12.1 Å². The smallest absolute Gasteiger partial charge is 0.0409 e. The molecule has 2 rings (SSSR count). The molecular formula is C17H27ClN2. The van der Waals surface area contributed by atoms with Gasteiger partial charge in [0.05, 0.1) is 0 Å². The van der Waals surface area contributed by atoms with Gasteiger partial charge in [0, 0.05) is 23.7 Å². The van der Waals surface area contributed by atoms with Crippen molar-refractivity contribution in [2.75, 3.05) is 6.54 Å². The van der Waals surface area contributed by atoms with Gasteiger partial charge in [0.2, 0.25) is 0 Å². The normalized spacial score (nSPS) is 21.9. The fourth-order valence-corrected chi connectivity index (χ4v) is 3.29. The van der Waals surface area contributed by atoms with Crippen LogP contribution in [0.3, 0.4) is 0 Å². The molecule has 3 heteroatoms. The molecule has 1 fully saturated rings. The highest BCUT2D eigenvalue weighted by Crippen LogP contribution is 2.24. The minimum absolute atomic E-state index is 0.366. The first kappa shape index (κ1) is 15.8. The molecule has 1 aliphatic heterocycles. The van der Waals surface area contributed by atoms with E-state index in [9.17, 15) is 0 Å². The van der Waals surface area contributed by atoms with Gasteiger partial charge in [-0.05, 0) is 56.3 Å². The van der Waals surface area contributed by atoms with Crippen molar-refractivity contribution in [3.63, 3.8) is 0 Å². The van der Waals surface area contributed by atoms with E-state index < -0.39 is 0 Å². The van der Waals surface area contributed by atoms with Crippen molar-refractivity contribution in [1.29, 1.82) is 0 Å². The van der Waals surface area contributed by atoms with Crippen molar-refractivity contribution >= 4 is 11.6 Å². The van der Waals surface area contributed by atoms with Crippen LogP contribution in [0.25, 0.3) is 0 Å². The van der Waals surface area contributed by atoms with Gasteiger partial charge >= 0.3 is 0 Å². The summed E-state index contributed by atoms with van der Waals surface area (Å²) in [5.74, 6) is 0. The predicted octanol–water partition coefficient (Wildman–Crippen LogP) is 4.21. The second-order valence-electron chi connectivity index (χ2n) is 6.00. The molecule has 112 valence electrons. The average molecular weight is 295 g/mol. The number of hydrogen-bond acceptors (Lipinski definition) is 2. The lowest BCUT2D eigenvalue weighted by Crippen LogP contribution is -2.39. The van der Waals surface area contributed by atoms with Crippen LogP contribution in [0, 0.1) is 0 Å². The van der Waals surface area contributed by atoms with Crippen LogP contribution in [0.1, 0.15) is 51.0 Å². The van der Waals surface area contributed by atoms with Crippen LogP contribution in [0.2, 0.25) is 5.02 Å². The van der Waals surface area contributed by atoms with Crippen molar-refractivity contribution in [3.8, 4) is 0 Å². The highest BCUT2D eigenvalue weighted by atomic mass is 35.5. The maximum absolute atomic E-state index is 6.09. The van der Waals surface area contributed by atoms with Crippen LogP contribution in [-0.4, -0.2) is 23.5 Å². The summed E-state index contributed by atoms with van der Waals surface area (Å²) in [6.07, 6.45) is 7.45. The molecule has 2 atom stereocenters. The molecule has 20 heavy (non-hydrogen) atoms. The van der Waals surface area contributed by atoms with Crippen LogP contribution in [0.4, 0.5) is 0 Å². The van der Waals surface area contributed by atoms with Crippen molar-refractivity contribution < 1.29 is 0 Å². The topological polar surface area (TPSA) is 29.3 Å². The summed E-state index contributed by atoms with van der Waals surface area (Å²) < 4.78 is 0. The predicted molar refractivity (Wildman–Crippen MR) is 87.0 cm³/mol. The molecule has 0 radical (unpaired) electrons. The first-order valence-electron chi connectivity index (χ1n) is 7.93. The summed E-state index contributed by atoms with van der Waals surface area (Å²) in [4.78, 5) is 2.62. The van der Waals surface area contributed by atoms with Crippen LogP contribution in [0.5, 0.6) is 0 Å². The summed E-state index contributed by atoms with van der Waals surface area (Å²) in [6, 6.07) is 9.31. The van der Waals surface area contributed by atoms with Gasteiger partial charge in [-0.2, -0.15) is 0 Å². The van der Waals surface area contributed by atoms with Gasteiger partial charge in [0.1, 0.15) is 0 Å². The molecule has 0 aliphatic carbocycles. The molecule has 0 saturated carbocycles. The number of nitrogens with two attached hydrogens (primary N) is 1. The van der Waals surface area contributed by atoms with Gasteiger partial charge in [-0.3, -0.25) is 4.90 Å². The third-order valence-electron chi connectivity index (χ3n) is 4.42. The monoisotopic (exact) mass is 294 g/mol. The first-order chi connectivity index (χ1) is 9.69. The second-order valence-corrected chi connectivity index (χ2v) is 6.43. The molecule has 2 nitrogen and oxygen atoms in total. The van der Waals surface area contributed by atoms with Gasteiger partial charge in [-0.1, -0.05) is 37.1 Å². The molecule has 1 heterocycles. The van der Waals surface area contributed by atoms with Crippen LogP contribution in [0.15, 0.2) is 24.3 Å². The minimum atomic E-state index is 0.366. The van der Waals surface area contributed by atoms with Crippen LogP contribution >= 0.6 is 11.6 Å². The summed E-state index contributed by atoms with van der Waals surface area (Å²) in [5, 5.41) is 0.837. The molecule has 0 bridgehead atoms. The van der Waals surface area contributed by atoms with Crippen LogP contribution in [-0.2, 0) is 6.54 Å². The second kappa shape index (κ2) is 8.02. The van der Waals surface area contributed by atoms with Crippen molar-refractivity contribution in [2.45, 2.75) is 64.1 Å². The first-order valence-corrected chi connectivity index (χ1v) is 8.31. The molecule has 1 aromatic carbocycles. The highest BCUT2D eigenvalue weighted by molar-refractivity contribution is 6.30. The molecule has 0 aromatic heterocycles. The Bertz CT molecular complexity index is 408. The maximum atomic E-state index is 6.09. The molecule has 2 unspecified atom stereocenters. The molecule has 0 spiro atoms. The Kier molecular flexibility index (Phi) is 6.34. The van der Waals surface area contributed by atoms with Gasteiger partial charge in [0.15, 0.2) is 0 Å². The van der Waals surface area contributed by atoms with Crippen molar-refractivity contribution in [3.05, 3.63) is 34.9 Å². The molecule has 1 saturated heterocycles. The van der Waals surface area contributed by atoms with E-state index in [0.717, 1.165) is 24.4 Å². The zero-order valence-electron chi connectivity index (χ0n) is 12.5. The lowest BCUT2D eigenvalue weighted by atomic mass is 9.95. The zero-order valence-corrected chi connectivity index (χ0v) is 13.3. The van der Waals surface area contributed by atoms with E-state index in [0.29, 0.717) is 12.1 Å². The van der Waals surface area contributed by atoms with Gasteiger partial charge in [-0.25, -0.2) is 0 Å². The number of likely N-dealkylation sites (tertiary alicyclic amines) is 1. The van der Waals surface area contributed by atoms with Gasteiger partial charge in [0.25, 0.3) is 0 Å². The van der Waals surface area contributed by atoms with Gasteiger partial charge < -0.3 is 5.73 Å². The summed E-state index contributed by atoms with van der Waals surface area (Å²) >= 11 is 6.09. The third-order valence-corrected chi connectivity index (χ3v) is 4.65. The number of hydrogen-bond donors (Lipinski definition) is 1. The van der Waals surface area contributed by atoms with E-state index in [1.54, 1.807) is 0 Å². The molecular weight excluding hydrogens is 268 g/mol. The van der Waals surface area contributed by atoms with Crippen LogP contribution < -0.4 is 5.73 Å². The fourth-order valence-electron chi connectivity index (χ4n) is 3.08. The quantitative estimate of drug-likeness (QED) is 0.851. The Hall–Kier alpha value is -0.570. The standard InChI is InChI=1S/C17H27ClN2/c1-2-16(19)9-10-17-8-3-4-11-20(17)13-14-6-5-7-15(18)12-14/h5-7,12,16-17H,2-4,8-11,13,19H2,1H3. The maximum Gasteiger partial charge on any atom is 0.0409 e. The highest BCUT2D eigenvalue weighted by Gasteiger charge is 2.22. The van der Waals surface area contributed by atoms with E-state index >= 15 is 0 Å². The Morgan fingerprint density at radius 2 is 2.25 bits per heavy atom. The Labute approximate surface area is 128 Å². The summed E-state index contributed by atoms with van der Waals surface area (Å²) in [5.41, 5.74) is 7.40. The Morgan fingerprint density at radius 1 is 1.40 bits per heavy atom. The SMILES string of the molecule is CCC(N)CCC1CCCCN1Cc1cccc(Cl)c1. The number of benzene rings is 1. The Morgan fingerprint density at radius 3 is 3.00 bits per heavy atom. The van der Waals surface area contributed by atoms with E-state index in [1.165, 1.54) is 37.8 Å². The van der Waals surface area contributed by atoms with Gasteiger partial charge in [-0.15, -0.1) is 0 Å². The zero-order chi connectivity index (χ0) is 14.4. The molecule has 0 amide bonds. The molecule has 1 aliphatic rings. The van der Waals surface area contributed by atoms with E-state index in [4.69, 9.17) is 17.3 Å². The van der Waals surface area contributed by atoms with E-state index in [2.05, 4.69) is 24.0 Å². The Balaban J connectivity index is 1.92. The number of halogens is 1. The largest absolute Gasteiger partial charge is 0.328 e. The number of piperidine rings is 1. The fraction of sp³-hybridized carbons (Fsp3) is 0.647.